The minimum Gasteiger partial charge on any atom is -0.386 e. The van der Waals surface area contributed by atoms with Crippen molar-refractivity contribution in [1.29, 1.82) is 0 Å². The molecule has 3 N–H and O–H groups in total. The van der Waals surface area contributed by atoms with Crippen molar-refractivity contribution < 1.29 is 9.90 Å². The van der Waals surface area contributed by atoms with Crippen molar-refractivity contribution in [2.24, 2.45) is 0 Å². The standard InChI is InChI=1S/C15H20N2O2S2/c1-9-7-12(11(3)21-9)10(2)17-15(19)16-8-13(18)14-5-4-6-20-14/h4-7,10,13,18H,8H2,1-3H3,(H2,16,17,19)/t10-,13-/m1/s1. The van der Waals surface area contributed by atoms with Crippen molar-refractivity contribution in [2.75, 3.05) is 6.54 Å². The van der Waals surface area contributed by atoms with E-state index in [2.05, 4.69) is 30.5 Å². The highest BCUT2D eigenvalue weighted by atomic mass is 32.1. The molecule has 0 aliphatic rings. The quantitative estimate of drug-likeness (QED) is 0.788. The van der Waals surface area contributed by atoms with Gasteiger partial charge in [0.15, 0.2) is 0 Å². The number of rotatable bonds is 5. The molecule has 0 spiro atoms. The third-order valence-electron chi connectivity index (χ3n) is 3.22. The highest BCUT2D eigenvalue weighted by Crippen LogP contribution is 2.26. The van der Waals surface area contributed by atoms with Crippen LogP contribution in [0.1, 0.15) is 39.3 Å². The summed E-state index contributed by atoms with van der Waals surface area (Å²) in [7, 11) is 0. The Balaban J connectivity index is 1.83. The van der Waals surface area contributed by atoms with Crippen LogP contribution in [0, 0.1) is 13.8 Å². The molecule has 0 aromatic carbocycles. The van der Waals surface area contributed by atoms with E-state index in [9.17, 15) is 9.90 Å². The van der Waals surface area contributed by atoms with E-state index in [4.69, 9.17) is 0 Å². The Hall–Kier alpha value is -1.37. The third-order valence-corrected chi connectivity index (χ3v) is 5.18. The van der Waals surface area contributed by atoms with Gasteiger partial charge in [0, 0.05) is 14.6 Å². The molecule has 0 saturated heterocycles. The highest BCUT2D eigenvalue weighted by molar-refractivity contribution is 7.12. The molecule has 2 amide bonds. The van der Waals surface area contributed by atoms with E-state index in [1.165, 1.54) is 21.1 Å². The Bertz CT molecular complexity index is 593. The van der Waals surface area contributed by atoms with Crippen LogP contribution in [-0.2, 0) is 0 Å². The molecule has 2 atom stereocenters. The second kappa shape index (κ2) is 7.06. The first-order chi connectivity index (χ1) is 9.97. The van der Waals surface area contributed by atoms with Gasteiger partial charge in [0.1, 0.15) is 6.10 Å². The number of carbonyl (C=O) groups is 1. The maximum absolute atomic E-state index is 11.9. The predicted octanol–water partition coefficient (Wildman–Crippen LogP) is 3.52. The minimum absolute atomic E-state index is 0.0474. The number of nitrogens with one attached hydrogen (secondary N) is 2. The van der Waals surface area contributed by atoms with Crippen molar-refractivity contribution in [3.05, 3.63) is 43.8 Å². The predicted molar refractivity (Wildman–Crippen MR) is 88.0 cm³/mol. The Labute approximate surface area is 132 Å². The van der Waals surface area contributed by atoms with E-state index < -0.39 is 6.10 Å². The van der Waals surface area contributed by atoms with E-state index in [1.807, 2.05) is 24.4 Å². The van der Waals surface area contributed by atoms with Gasteiger partial charge in [-0.1, -0.05) is 6.07 Å². The summed E-state index contributed by atoms with van der Waals surface area (Å²) in [4.78, 5) is 15.2. The number of aliphatic hydroxyl groups excluding tert-OH is 1. The molecular formula is C15H20N2O2S2. The van der Waals surface area contributed by atoms with Gasteiger partial charge in [-0.2, -0.15) is 0 Å². The average Bonchev–Trinajstić information content (AvgIpc) is 3.05. The molecule has 6 heteroatoms. The summed E-state index contributed by atoms with van der Waals surface area (Å²) in [6.07, 6.45) is -0.656. The van der Waals surface area contributed by atoms with Crippen LogP contribution in [0.5, 0.6) is 0 Å². The smallest absolute Gasteiger partial charge is 0.315 e. The van der Waals surface area contributed by atoms with Crippen LogP contribution in [0.4, 0.5) is 4.79 Å². The SMILES string of the molecule is Cc1cc([C@@H](C)NC(=O)NC[C@@H](O)c2cccs2)c(C)s1. The van der Waals surface area contributed by atoms with Gasteiger partial charge in [-0.05, 0) is 43.8 Å². The number of urea groups is 1. The molecule has 2 aromatic rings. The number of hydrogen-bond donors (Lipinski definition) is 3. The van der Waals surface area contributed by atoms with Gasteiger partial charge < -0.3 is 15.7 Å². The number of carbonyl (C=O) groups excluding carboxylic acids is 1. The van der Waals surface area contributed by atoms with Crippen molar-refractivity contribution in [3.8, 4) is 0 Å². The normalized spacial score (nSPS) is 13.7. The molecule has 2 aromatic heterocycles. The number of hydrogen-bond acceptors (Lipinski definition) is 4. The zero-order valence-electron chi connectivity index (χ0n) is 12.3. The van der Waals surface area contributed by atoms with Crippen molar-refractivity contribution >= 4 is 28.7 Å². The number of aryl methyl sites for hydroxylation is 2. The van der Waals surface area contributed by atoms with Gasteiger partial charge >= 0.3 is 6.03 Å². The lowest BCUT2D eigenvalue weighted by Crippen LogP contribution is -2.39. The van der Waals surface area contributed by atoms with Crippen molar-refractivity contribution in [2.45, 2.75) is 32.9 Å². The van der Waals surface area contributed by atoms with E-state index in [1.54, 1.807) is 11.3 Å². The minimum atomic E-state index is -0.656. The van der Waals surface area contributed by atoms with E-state index in [0.29, 0.717) is 0 Å². The van der Waals surface area contributed by atoms with Crippen LogP contribution in [0.25, 0.3) is 0 Å². The average molecular weight is 324 g/mol. The second-order valence-corrected chi connectivity index (χ2v) is 7.42. The topological polar surface area (TPSA) is 61.4 Å². The Morgan fingerprint density at radius 1 is 1.43 bits per heavy atom. The fourth-order valence-electron chi connectivity index (χ4n) is 2.18. The largest absolute Gasteiger partial charge is 0.386 e. The molecule has 0 bridgehead atoms. The molecule has 0 fully saturated rings. The van der Waals surface area contributed by atoms with E-state index in [0.717, 1.165) is 10.4 Å². The molecule has 2 heterocycles. The van der Waals surface area contributed by atoms with E-state index in [-0.39, 0.29) is 18.6 Å². The summed E-state index contributed by atoms with van der Waals surface area (Å²) < 4.78 is 0. The molecule has 4 nitrogen and oxygen atoms in total. The first-order valence-electron chi connectivity index (χ1n) is 6.80. The summed E-state index contributed by atoms with van der Waals surface area (Å²) in [6.45, 7) is 6.29. The zero-order chi connectivity index (χ0) is 15.4. The van der Waals surface area contributed by atoms with E-state index >= 15 is 0 Å². The maximum atomic E-state index is 11.9. The fourth-order valence-corrected chi connectivity index (χ4v) is 3.91. The summed E-state index contributed by atoms with van der Waals surface area (Å²) in [6, 6.07) is 5.53. The molecule has 0 saturated carbocycles. The fraction of sp³-hybridized carbons (Fsp3) is 0.400. The molecule has 0 aliphatic carbocycles. The van der Waals surface area contributed by atoms with Crippen LogP contribution < -0.4 is 10.6 Å². The Morgan fingerprint density at radius 2 is 2.19 bits per heavy atom. The van der Waals surface area contributed by atoms with Crippen LogP contribution in [0.15, 0.2) is 23.6 Å². The summed E-state index contributed by atoms with van der Waals surface area (Å²) in [5.41, 5.74) is 1.14. The summed E-state index contributed by atoms with van der Waals surface area (Å²) in [5.74, 6) is 0. The van der Waals surface area contributed by atoms with Gasteiger partial charge in [-0.15, -0.1) is 22.7 Å². The lowest BCUT2D eigenvalue weighted by atomic mass is 10.1. The van der Waals surface area contributed by atoms with Crippen LogP contribution in [-0.4, -0.2) is 17.7 Å². The van der Waals surface area contributed by atoms with Crippen LogP contribution >= 0.6 is 22.7 Å². The van der Waals surface area contributed by atoms with Gasteiger partial charge in [0.05, 0.1) is 12.6 Å². The Morgan fingerprint density at radius 3 is 2.76 bits per heavy atom. The monoisotopic (exact) mass is 324 g/mol. The lowest BCUT2D eigenvalue weighted by molar-refractivity contribution is 0.176. The third kappa shape index (κ3) is 4.30. The van der Waals surface area contributed by atoms with Gasteiger partial charge in [-0.3, -0.25) is 0 Å². The van der Waals surface area contributed by atoms with Crippen molar-refractivity contribution in [1.82, 2.24) is 10.6 Å². The highest BCUT2D eigenvalue weighted by Gasteiger charge is 2.15. The van der Waals surface area contributed by atoms with Gasteiger partial charge in [0.25, 0.3) is 0 Å². The molecule has 114 valence electrons. The van der Waals surface area contributed by atoms with Crippen molar-refractivity contribution in [3.63, 3.8) is 0 Å². The zero-order valence-corrected chi connectivity index (χ0v) is 14.0. The molecule has 21 heavy (non-hydrogen) atoms. The van der Waals surface area contributed by atoms with Gasteiger partial charge in [-0.25, -0.2) is 4.79 Å². The first-order valence-corrected chi connectivity index (χ1v) is 8.49. The molecule has 2 rings (SSSR count). The van der Waals surface area contributed by atoms with Gasteiger partial charge in [0.2, 0.25) is 0 Å². The lowest BCUT2D eigenvalue weighted by Gasteiger charge is -2.16. The number of thiophene rings is 2. The first kappa shape index (κ1) is 16.0. The maximum Gasteiger partial charge on any atom is 0.315 e. The number of amides is 2. The Kier molecular flexibility index (Phi) is 5.39. The molecule has 0 aliphatic heterocycles. The second-order valence-electron chi connectivity index (χ2n) is 4.98. The summed E-state index contributed by atoms with van der Waals surface area (Å²) in [5, 5.41) is 17.4. The summed E-state index contributed by atoms with van der Waals surface area (Å²) >= 11 is 3.21. The van der Waals surface area contributed by atoms with Crippen LogP contribution in [0.2, 0.25) is 0 Å². The molecule has 0 radical (unpaired) electrons. The van der Waals surface area contributed by atoms with Crippen LogP contribution in [0.3, 0.4) is 0 Å². The molecular weight excluding hydrogens is 304 g/mol. The number of aliphatic hydroxyl groups is 1. The molecule has 0 unspecified atom stereocenters.